The maximum atomic E-state index is 10.5. The molecule has 1 atom stereocenters. The van der Waals surface area contributed by atoms with Crippen LogP contribution in [0.1, 0.15) is 26.3 Å². The zero-order valence-electron chi connectivity index (χ0n) is 15.3. The number of rotatable bonds is 8. The van der Waals surface area contributed by atoms with Gasteiger partial charge in [0.1, 0.15) is 12.4 Å². The minimum atomic E-state index is -0.427. The molecule has 1 aromatic rings. The molecular weight excluding hydrogens is 310 g/mol. The first-order valence-electron chi connectivity index (χ1n) is 7.80. The number of hydrogen-bond donors (Lipinski definition) is 4. The van der Waals surface area contributed by atoms with Crippen LogP contribution in [0.2, 0.25) is 0 Å². The summed E-state index contributed by atoms with van der Waals surface area (Å²) in [7, 11) is 4.96. The second-order valence-corrected chi connectivity index (χ2v) is 6.63. The summed E-state index contributed by atoms with van der Waals surface area (Å²) in [5.74, 6) is 0.655. The summed E-state index contributed by atoms with van der Waals surface area (Å²) in [6.45, 7) is 5.97. The third kappa shape index (κ3) is 5.01. The fourth-order valence-corrected chi connectivity index (χ4v) is 2.25. The lowest BCUT2D eigenvalue weighted by atomic mass is 10.1. The minimum absolute atomic E-state index is 0.00138. The molecule has 0 aliphatic carbocycles. The Morgan fingerprint density at radius 1 is 1.38 bits per heavy atom. The lowest BCUT2D eigenvalue weighted by Gasteiger charge is -2.28. The van der Waals surface area contributed by atoms with Crippen molar-refractivity contribution in [3.8, 4) is 17.2 Å². The minimum Gasteiger partial charge on any atom is -0.504 e. The maximum Gasteiger partial charge on any atom is 0.204 e. The quantitative estimate of drug-likeness (QED) is 0.422. The van der Waals surface area contributed by atoms with E-state index in [1.54, 1.807) is 31.1 Å². The van der Waals surface area contributed by atoms with Crippen LogP contribution in [0.25, 0.3) is 0 Å². The predicted octanol–water partition coefficient (Wildman–Crippen LogP) is 1.42. The number of aliphatic hydroxyl groups excluding tert-OH is 1. The average Bonchev–Trinajstić information content (AvgIpc) is 2.52. The van der Waals surface area contributed by atoms with Gasteiger partial charge in [0, 0.05) is 25.7 Å². The van der Waals surface area contributed by atoms with E-state index < -0.39 is 5.54 Å². The molecule has 24 heavy (non-hydrogen) atoms. The van der Waals surface area contributed by atoms with Crippen LogP contribution in [0.5, 0.6) is 17.2 Å². The van der Waals surface area contributed by atoms with Crippen molar-refractivity contribution in [2.75, 3.05) is 34.4 Å². The Balaban J connectivity index is 2.97. The summed E-state index contributed by atoms with van der Waals surface area (Å²) in [6.07, 6.45) is 0. The number of phenols is 1. The highest BCUT2D eigenvalue weighted by atomic mass is 16.5. The van der Waals surface area contributed by atoms with E-state index in [0.29, 0.717) is 11.3 Å². The van der Waals surface area contributed by atoms with Gasteiger partial charge in [-0.15, -0.1) is 0 Å². The maximum absolute atomic E-state index is 10.5. The Hall–Kier alpha value is -1.99. The number of ether oxygens (including phenoxy) is 2. The van der Waals surface area contributed by atoms with E-state index in [9.17, 15) is 10.2 Å². The summed E-state index contributed by atoms with van der Waals surface area (Å²) in [6, 6.07) is 3.23. The third-order valence-electron chi connectivity index (χ3n) is 3.53. The molecule has 0 fully saturated rings. The molecule has 0 aromatic heterocycles. The van der Waals surface area contributed by atoms with Crippen molar-refractivity contribution >= 4 is 5.84 Å². The third-order valence-corrected chi connectivity index (χ3v) is 3.53. The van der Waals surface area contributed by atoms with Gasteiger partial charge in [0.05, 0.1) is 19.3 Å². The molecule has 0 bridgehead atoms. The van der Waals surface area contributed by atoms with E-state index in [1.165, 1.54) is 7.11 Å². The lowest BCUT2D eigenvalue weighted by Crippen LogP contribution is -2.49. The number of nitrogens with one attached hydrogen (secondary N) is 2. The van der Waals surface area contributed by atoms with E-state index in [4.69, 9.17) is 14.9 Å². The second-order valence-electron chi connectivity index (χ2n) is 6.63. The second kappa shape index (κ2) is 8.21. The number of aromatic hydroxyl groups is 1. The van der Waals surface area contributed by atoms with Crippen LogP contribution in [0.15, 0.2) is 12.1 Å². The number of hydrogen-bond acceptors (Lipinski definition) is 6. The van der Waals surface area contributed by atoms with E-state index >= 15 is 0 Å². The first-order valence-corrected chi connectivity index (χ1v) is 7.80. The molecule has 136 valence electrons. The molecule has 0 amide bonds. The predicted molar refractivity (Wildman–Crippen MR) is 94.4 cm³/mol. The molecule has 0 aliphatic rings. The van der Waals surface area contributed by atoms with Crippen LogP contribution < -0.4 is 14.8 Å². The monoisotopic (exact) mass is 339 g/mol. The summed E-state index contributed by atoms with van der Waals surface area (Å²) < 4.78 is 11.0. The molecule has 1 rings (SSSR count). The van der Waals surface area contributed by atoms with E-state index in [1.807, 2.05) is 20.8 Å². The summed E-state index contributed by atoms with van der Waals surface area (Å²) >= 11 is 0. The Labute approximate surface area is 143 Å². The van der Waals surface area contributed by atoms with Crippen molar-refractivity contribution in [1.82, 2.24) is 10.2 Å². The molecule has 0 unspecified atom stereocenters. The van der Waals surface area contributed by atoms with E-state index in [2.05, 4.69) is 5.32 Å². The molecule has 1 aromatic carbocycles. The molecule has 0 radical (unpaired) electrons. The Morgan fingerprint density at radius 2 is 2.00 bits per heavy atom. The molecule has 0 heterocycles. The van der Waals surface area contributed by atoms with E-state index in [0.717, 1.165) is 0 Å². The summed E-state index contributed by atoms with van der Waals surface area (Å²) in [4.78, 5) is 1.60. The number of phenolic OH excluding ortho intramolecular Hbond substituents is 1. The molecule has 0 saturated carbocycles. The van der Waals surface area contributed by atoms with Crippen LogP contribution in [0.4, 0.5) is 0 Å². The fourth-order valence-electron chi connectivity index (χ4n) is 2.25. The van der Waals surface area contributed by atoms with Gasteiger partial charge < -0.3 is 29.9 Å². The molecule has 0 aliphatic heterocycles. The van der Waals surface area contributed by atoms with Crippen LogP contribution >= 0.6 is 0 Å². The van der Waals surface area contributed by atoms with Gasteiger partial charge in [-0.3, -0.25) is 5.41 Å². The van der Waals surface area contributed by atoms with Gasteiger partial charge in [0.25, 0.3) is 0 Å². The Kier molecular flexibility index (Phi) is 6.86. The highest BCUT2D eigenvalue weighted by Crippen LogP contribution is 2.39. The molecule has 4 N–H and O–H groups in total. The van der Waals surface area contributed by atoms with Gasteiger partial charge in [-0.1, -0.05) is 0 Å². The number of benzene rings is 1. The van der Waals surface area contributed by atoms with Crippen LogP contribution in [-0.2, 0) is 0 Å². The topological polar surface area (TPSA) is 98.0 Å². The van der Waals surface area contributed by atoms with Gasteiger partial charge in [-0.2, -0.15) is 0 Å². The molecule has 7 heteroatoms. The summed E-state index contributed by atoms with van der Waals surface area (Å²) in [5, 5.41) is 31.1. The van der Waals surface area contributed by atoms with Crippen molar-refractivity contribution in [2.45, 2.75) is 32.4 Å². The Morgan fingerprint density at radius 3 is 2.50 bits per heavy atom. The van der Waals surface area contributed by atoms with E-state index in [-0.39, 0.29) is 36.6 Å². The zero-order valence-corrected chi connectivity index (χ0v) is 15.3. The highest BCUT2D eigenvalue weighted by molar-refractivity contribution is 5.99. The van der Waals surface area contributed by atoms with Crippen molar-refractivity contribution in [3.05, 3.63) is 17.7 Å². The van der Waals surface area contributed by atoms with Gasteiger partial charge in [0.2, 0.25) is 5.75 Å². The largest absolute Gasteiger partial charge is 0.504 e. The zero-order chi connectivity index (χ0) is 18.5. The average molecular weight is 339 g/mol. The van der Waals surface area contributed by atoms with Crippen LogP contribution in [-0.4, -0.2) is 66.9 Å². The van der Waals surface area contributed by atoms with Crippen LogP contribution in [0, 0.1) is 5.41 Å². The van der Waals surface area contributed by atoms with Crippen molar-refractivity contribution < 1.29 is 19.7 Å². The smallest absolute Gasteiger partial charge is 0.204 e. The molecule has 7 nitrogen and oxygen atoms in total. The number of aliphatic hydroxyl groups is 1. The first-order chi connectivity index (χ1) is 11.1. The number of nitrogens with zero attached hydrogens (tertiary/aromatic N) is 1. The summed E-state index contributed by atoms with van der Waals surface area (Å²) in [5.41, 5.74) is -0.0591. The van der Waals surface area contributed by atoms with Gasteiger partial charge in [-0.25, -0.2) is 0 Å². The highest BCUT2D eigenvalue weighted by Gasteiger charge is 2.22. The van der Waals surface area contributed by atoms with Gasteiger partial charge in [-0.05, 0) is 32.9 Å². The standard InChI is InChI=1S/C17H29N3O4/c1-11(19-17(2,3)10-21)9-24-15-13(23-6)8-7-12(14(15)22)16(18)20(4)5/h7-8,11,18-19,21-22H,9-10H2,1-6H3/t11-/m0/s1. The molecule has 0 saturated heterocycles. The molecule has 0 spiro atoms. The van der Waals surface area contributed by atoms with Crippen LogP contribution in [0.3, 0.4) is 0 Å². The fraction of sp³-hybridized carbons (Fsp3) is 0.588. The van der Waals surface area contributed by atoms with Crippen molar-refractivity contribution in [1.29, 1.82) is 5.41 Å². The van der Waals surface area contributed by atoms with Crippen molar-refractivity contribution in [3.63, 3.8) is 0 Å². The van der Waals surface area contributed by atoms with Crippen molar-refractivity contribution in [2.24, 2.45) is 0 Å². The normalized spacial score (nSPS) is 12.6. The Bertz CT molecular complexity index is 573. The van der Waals surface area contributed by atoms with Gasteiger partial charge in [0.15, 0.2) is 11.5 Å². The number of amidine groups is 1. The molecular formula is C17H29N3O4. The lowest BCUT2D eigenvalue weighted by molar-refractivity contribution is 0.158. The number of methoxy groups -OCH3 is 1. The first kappa shape index (κ1) is 20.1. The van der Waals surface area contributed by atoms with Gasteiger partial charge >= 0.3 is 0 Å². The SMILES string of the molecule is COc1ccc(C(=N)N(C)C)c(O)c1OC[C@H](C)NC(C)(C)CO.